The quantitative estimate of drug-likeness (QED) is 0.835. The first kappa shape index (κ1) is 20.4. The number of carbonyl (C=O) groups excluding carboxylic acids is 2. The number of pyridine rings is 1. The molecule has 3 heterocycles. The minimum absolute atomic E-state index is 0.0832. The van der Waals surface area contributed by atoms with Crippen molar-refractivity contribution in [1.29, 1.82) is 0 Å². The Balaban J connectivity index is 1.58. The van der Waals surface area contributed by atoms with Crippen LogP contribution >= 0.6 is 0 Å². The Morgan fingerprint density at radius 2 is 1.93 bits per heavy atom. The van der Waals surface area contributed by atoms with E-state index in [9.17, 15) is 9.59 Å². The molecule has 0 aliphatic carbocycles. The summed E-state index contributed by atoms with van der Waals surface area (Å²) in [6.45, 7) is 6.55. The van der Waals surface area contributed by atoms with Crippen LogP contribution in [0.15, 0.2) is 18.5 Å². The largest absolute Gasteiger partial charge is 0.450 e. The van der Waals surface area contributed by atoms with Crippen LogP contribution in [0.3, 0.4) is 0 Å². The number of ether oxygens (including phenoxy) is 1. The van der Waals surface area contributed by atoms with E-state index in [-0.39, 0.29) is 18.0 Å². The first-order chi connectivity index (χ1) is 13.6. The monoisotopic (exact) mass is 388 g/mol. The molecule has 0 spiro atoms. The molecule has 2 fully saturated rings. The summed E-state index contributed by atoms with van der Waals surface area (Å²) in [6, 6.07) is 2.51. The molecule has 154 valence electrons. The second-order valence-electron chi connectivity index (χ2n) is 7.62. The van der Waals surface area contributed by atoms with Gasteiger partial charge in [0, 0.05) is 44.1 Å². The highest BCUT2D eigenvalue weighted by molar-refractivity contribution is 5.95. The zero-order valence-corrected chi connectivity index (χ0v) is 17.0. The third-order valence-corrected chi connectivity index (χ3v) is 5.74. The van der Waals surface area contributed by atoms with E-state index in [2.05, 4.69) is 17.2 Å². The van der Waals surface area contributed by atoms with Gasteiger partial charge in [-0.15, -0.1) is 0 Å². The van der Waals surface area contributed by atoms with Gasteiger partial charge in [0.2, 0.25) is 0 Å². The van der Waals surface area contributed by atoms with E-state index in [0.717, 1.165) is 44.3 Å². The zero-order valence-electron chi connectivity index (χ0n) is 17.0. The second kappa shape index (κ2) is 9.75. The Kier molecular flexibility index (Phi) is 7.12. The average molecular weight is 389 g/mol. The number of nitrogens with one attached hydrogen (secondary N) is 1. The molecule has 2 aliphatic rings. The van der Waals surface area contributed by atoms with E-state index in [1.54, 1.807) is 17.3 Å². The minimum Gasteiger partial charge on any atom is -0.450 e. The van der Waals surface area contributed by atoms with Gasteiger partial charge in [0.15, 0.2) is 0 Å². The predicted molar refractivity (Wildman–Crippen MR) is 108 cm³/mol. The number of anilines is 1. The summed E-state index contributed by atoms with van der Waals surface area (Å²) in [7, 11) is 0. The first-order valence-electron chi connectivity index (χ1n) is 10.6. The highest BCUT2D eigenvalue weighted by Crippen LogP contribution is 2.23. The lowest BCUT2D eigenvalue weighted by Crippen LogP contribution is -2.43. The van der Waals surface area contributed by atoms with Gasteiger partial charge in [-0.1, -0.05) is 6.92 Å². The average Bonchev–Trinajstić information content (AvgIpc) is 2.74. The van der Waals surface area contributed by atoms with Crippen LogP contribution in [0.4, 0.5) is 10.5 Å². The summed E-state index contributed by atoms with van der Waals surface area (Å²) in [6.07, 6.45) is 9.26. The highest BCUT2D eigenvalue weighted by atomic mass is 16.6. The molecular formula is C21H32N4O3. The Bertz CT molecular complexity index is 673. The summed E-state index contributed by atoms with van der Waals surface area (Å²) < 4.78 is 5.07. The molecule has 1 unspecified atom stereocenters. The van der Waals surface area contributed by atoms with Crippen molar-refractivity contribution in [3.63, 3.8) is 0 Å². The first-order valence-corrected chi connectivity index (χ1v) is 10.6. The molecule has 1 N–H and O–H groups in total. The van der Waals surface area contributed by atoms with Gasteiger partial charge in [-0.3, -0.25) is 9.78 Å². The van der Waals surface area contributed by atoms with Crippen LogP contribution in [-0.4, -0.2) is 65.1 Å². The van der Waals surface area contributed by atoms with Crippen LogP contribution < -0.4 is 5.32 Å². The Labute approximate surface area is 167 Å². The maximum absolute atomic E-state index is 13.0. The number of aromatic nitrogens is 1. The van der Waals surface area contributed by atoms with E-state index in [1.165, 1.54) is 6.42 Å². The topological polar surface area (TPSA) is 74.8 Å². The Hall–Kier alpha value is -2.31. The molecule has 1 atom stereocenters. The molecule has 3 rings (SSSR count). The van der Waals surface area contributed by atoms with Gasteiger partial charge in [0.25, 0.3) is 5.91 Å². The predicted octanol–water partition coefficient (Wildman–Crippen LogP) is 3.52. The van der Waals surface area contributed by atoms with Gasteiger partial charge >= 0.3 is 6.09 Å². The number of amides is 2. The standard InChI is InChI=1S/C21H32N4O3/c1-3-19-7-5-6-10-25(19)20(26)16-13-18(15-22-14-16)23-17-8-11-24(12-9-17)21(27)28-4-2/h13-15,17,19,23H,3-12H2,1-2H3. The van der Waals surface area contributed by atoms with Crippen molar-refractivity contribution in [1.82, 2.24) is 14.8 Å². The van der Waals surface area contributed by atoms with E-state index in [0.29, 0.717) is 31.3 Å². The third-order valence-electron chi connectivity index (χ3n) is 5.74. The van der Waals surface area contributed by atoms with Crippen molar-refractivity contribution in [2.45, 2.75) is 64.5 Å². The zero-order chi connectivity index (χ0) is 19.9. The van der Waals surface area contributed by atoms with Crippen molar-refractivity contribution in [3.8, 4) is 0 Å². The smallest absolute Gasteiger partial charge is 0.409 e. The summed E-state index contributed by atoms with van der Waals surface area (Å²) in [5.74, 6) is 0.0832. The molecule has 0 aromatic carbocycles. The lowest BCUT2D eigenvalue weighted by molar-refractivity contribution is 0.0607. The van der Waals surface area contributed by atoms with Crippen molar-refractivity contribution in [2.75, 3.05) is 31.6 Å². The fourth-order valence-electron chi connectivity index (χ4n) is 4.15. The number of piperidine rings is 2. The molecule has 2 aliphatic heterocycles. The van der Waals surface area contributed by atoms with Crippen LogP contribution in [0, 0.1) is 0 Å². The van der Waals surface area contributed by atoms with E-state index in [4.69, 9.17) is 4.74 Å². The normalized spacial score (nSPS) is 20.7. The van der Waals surface area contributed by atoms with Gasteiger partial charge in [0.05, 0.1) is 17.9 Å². The second-order valence-corrected chi connectivity index (χ2v) is 7.62. The molecule has 0 saturated carbocycles. The third kappa shape index (κ3) is 4.94. The lowest BCUT2D eigenvalue weighted by atomic mass is 9.99. The van der Waals surface area contributed by atoms with Gasteiger partial charge in [-0.25, -0.2) is 4.79 Å². The summed E-state index contributed by atoms with van der Waals surface area (Å²) in [4.78, 5) is 32.9. The van der Waals surface area contributed by atoms with Gasteiger partial charge in [-0.05, 0) is 51.5 Å². The maximum Gasteiger partial charge on any atom is 0.409 e. The van der Waals surface area contributed by atoms with Crippen LogP contribution in [0.25, 0.3) is 0 Å². The minimum atomic E-state index is -0.234. The number of likely N-dealkylation sites (tertiary alicyclic amines) is 2. The summed E-state index contributed by atoms with van der Waals surface area (Å²) in [5.41, 5.74) is 1.51. The molecule has 28 heavy (non-hydrogen) atoms. The SMILES string of the molecule is CCOC(=O)N1CCC(Nc2cncc(C(=O)N3CCCCC3CC)c2)CC1. The molecule has 2 amide bonds. The molecule has 1 aromatic heterocycles. The summed E-state index contributed by atoms with van der Waals surface area (Å²) in [5, 5.41) is 3.48. The molecule has 0 bridgehead atoms. The number of hydrogen-bond donors (Lipinski definition) is 1. The maximum atomic E-state index is 13.0. The molecule has 0 radical (unpaired) electrons. The summed E-state index contributed by atoms with van der Waals surface area (Å²) >= 11 is 0. The van der Waals surface area contributed by atoms with Crippen molar-refractivity contribution in [3.05, 3.63) is 24.0 Å². The fraction of sp³-hybridized carbons (Fsp3) is 0.667. The van der Waals surface area contributed by atoms with Gasteiger partial charge in [-0.2, -0.15) is 0 Å². The molecular weight excluding hydrogens is 356 g/mol. The molecule has 7 heteroatoms. The van der Waals surface area contributed by atoms with E-state index >= 15 is 0 Å². The number of nitrogens with zero attached hydrogens (tertiary/aromatic N) is 3. The van der Waals surface area contributed by atoms with Crippen molar-refractivity contribution in [2.24, 2.45) is 0 Å². The van der Waals surface area contributed by atoms with Gasteiger partial charge in [0.1, 0.15) is 0 Å². The van der Waals surface area contributed by atoms with Crippen LogP contribution in [0.2, 0.25) is 0 Å². The van der Waals surface area contributed by atoms with Crippen LogP contribution in [0.1, 0.15) is 62.7 Å². The number of rotatable bonds is 5. The lowest BCUT2D eigenvalue weighted by Gasteiger charge is -2.35. The number of hydrogen-bond acceptors (Lipinski definition) is 5. The van der Waals surface area contributed by atoms with Crippen molar-refractivity contribution < 1.29 is 14.3 Å². The van der Waals surface area contributed by atoms with Crippen LogP contribution in [0.5, 0.6) is 0 Å². The molecule has 2 saturated heterocycles. The number of carbonyl (C=O) groups is 2. The highest BCUT2D eigenvalue weighted by Gasteiger charge is 2.27. The Morgan fingerprint density at radius 1 is 1.14 bits per heavy atom. The molecule has 7 nitrogen and oxygen atoms in total. The molecule has 1 aromatic rings. The van der Waals surface area contributed by atoms with Crippen molar-refractivity contribution >= 4 is 17.7 Å². The Morgan fingerprint density at radius 3 is 2.64 bits per heavy atom. The van der Waals surface area contributed by atoms with E-state index < -0.39 is 0 Å². The van der Waals surface area contributed by atoms with Crippen LogP contribution in [-0.2, 0) is 4.74 Å². The van der Waals surface area contributed by atoms with E-state index in [1.807, 2.05) is 17.9 Å². The fourth-order valence-corrected chi connectivity index (χ4v) is 4.15. The van der Waals surface area contributed by atoms with Gasteiger partial charge < -0.3 is 19.9 Å².